The zero-order valence-electron chi connectivity index (χ0n) is 14.1. The van der Waals surface area contributed by atoms with Crippen LogP contribution in [0.15, 0.2) is 0 Å². The number of carboxylic acids is 1. The fraction of sp³-hybridized carbons (Fsp3) is 0.812. The molecule has 2 saturated heterocycles. The number of nitrogens with zero attached hydrogens (tertiary/aromatic N) is 2. The van der Waals surface area contributed by atoms with Crippen LogP contribution in [-0.4, -0.2) is 64.8 Å². The summed E-state index contributed by atoms with van der Waals surface area (Å²) in [6, 6.07) is 0. The van der Waals surface area contributed by atoms with Gasteiger partial charge in [-0.15, -0.1) is 0 Å². The Labute approximate surface area is 139 Å². The fourth-order valence-corrected chi connectivity index (χ4v) is 3.13. The van der Waals surface area contributed by atoms with Gasteiger partial charge in [-0.25, -0.2) is 8.78 Å². The number of aliphatic carboxylic acids is 1. The van der Waals surface area contributed by atoms with Crippen LogP contribution in [0.1, 0.15) is 39.5 Å². The number of halogens is 2. The summed E-state index contributed by atoms with van der Waals surface area (Å²) in [6.45, 7) is 3.49. The molecule has 0 unspecified atom stereocenters. The quantitative estimate of drug-likeness (QED) is 0.787. The third kappa shape index (κ3) is 3.84. The monoisotopic (exact) mass is 346 g/mol. The molecule has 2 aliphatic rings. The molecule has 0 bridgehead atoms. The molecule has 8 heteroatoms. The van der Waals surface area contributed by atoms with Crippen LogP contribution in [0.5, 0.6) is 0 Å². The van der Waals surface area contributed by atoms with E-state index in [0.717, 1.165) is 0 Å². The Morgan fingerprint density at radius 1 is 1.00 bits per heavy atom. The van der Waals surface area contributed by atoms with E-state index in [9.17, 15) is 23.2 Å². The number of carboxylic acid groups (broad SMARTS) is 1. The second kappa shape index (κ2) is 6.64. The number of likely N-dealkylation sites (tertiary alicyclic amines) is 2. The van der Waals surface area contributed by atoms with Gasteiger partial charge in [0.2, 0.25) is 11.8 Å². The first kappa shape index (κ1) is 18.6. The summed E-state index contributed by atoms with van der Waals surface area (Å²) < 4.78 is 26.3. The summed E-state index contributed by atoms with van der Waals surface area (Å²) in [4.78, 5) is 38.8. The molecule has 2 aliphatic heterocycles. The molecule has 2 rings (SSSR count). The fourth-order valence-electron chi connectivity index (χ4n) is 3.13. The molecule has 136 valence electrons. The maximum atomic E-state index is 13.2. The van der Waals surface area contributed by atoms with Crippen LogP contribution in [0.25, 0.3) is 0 Å². The van der Waals surface area contributed by atoms with Gasteiger partial charge in [-0.3, -0.25) is 14.4 Å². The van der Waals surface area contributed by atoms with Crippen molar-refractivity contribution in [2.45, 2.75) is 45.5 Å². The molecule has 0 aliphatic carbocycles. The standard InChI is InChI=1S/C16H24F2N2O4/c1-15(2,14(23)24)13(22)20-7-3-11(4-8-20)12(21)19-9-5-16(17,18)6-10-19/h11H,3-10H2,1-2H3,(H,23,24). The molecular formula is C16H24F2N2O4. The summed E-state index contributed by atoms with van der Waals surface area (Å²) in [5.41, 5.74) is -1.49. The smallest absolute Gasteiger partial charge is 0.318 e. The third-order valence-electron chi connectivity index (χ3n) is 5.01. The van der Waals surface area contributed by atoms with Crippen molar-refractivity contribution in [2.24, 2.45) is 11.3 Å². The van der Waals surface area contributed by atoms with Crippen LogP contribution in [0, 0.1) is 11.3 Å². The molecular weight excluding hydrogens is 322 g/mol. The van der Waals surface area contributed by atoms with E-state index in [1.54, 1.807) is 0 Å². The van der Waals surface area contributed by atoms with Gasteiger partial charge in [-0.1, -0.05) is 0 Å². The van der Waals surface area contributed by atoms with Crippen molar-refractivity contribution in [3.05, 3.63) is 0 Å². The van der Waals surface area contributed by atoms with Gasteiger partial charge in [0.05, 0.1) is 0 Å². The van der Waals surface area contributed by atoms with Crippen molar-refractivity contribution in [1.82, 2.24) is 9.80 Å². The van der Waals surface area contributed by atoms with Crippen LogP contribution in [0.4, 0.5) is 8.78 Å². The Hall–Kier alpha value is -1.73. The highest BCUT2D eigenvalue weighted by atomic mass is 19.3. The lowest BCUT2D eigenvalue weighted by Crippen LogP contribution is -2.51. The number of carbonyl (C=O) groups excluding carboxylic acids is 2. The maximum Gasteiger partial charge on any atom is 0.318 e. The minimum Gasteiger partial charge on any atom is -0.480 e. The highest BCUT2D eigenvalue weighted by Gasteiger charge is 2.42. The minimum absolute atomic E-state index is 0.0665. The molecule has 1 N–H and O–H groups in total. The van der Waals surface area contributed by atoms with E-state index in [1.807, 2.05) is 0 Å². The van der Waals surface area contributed by atoms with Gasteiger partial charge < -0.3 is 14.9 Å². The van der Waals surface area contributed by atoms with Gasteiger partial charge in [0.15, 0.2) is 0 Å². The van der Waals surface area contributed by atoms with E-state index in [-0.39, 0.29) is 37.8 Å². The number of hydrogen-bond acceptors (Lipinski definition) is 3. The van der Waals surface area contributed by atoms with Gasteiger partial charge in [-0.05, 0) is 26.7 Å². The summed E-state index contributed by atoms with van der Waals surface area (Å²) in [7, 11) is 0. The number of alkyl halides is 2. The summed E-state index contributed by atoms with van der Waals surface area (Å²) in [5, 5.41) is 9.13. The van der Waals surface area contributed by atoms with E-state index in [2.05, 4.69) is 0 Å². The predicted octanol–water partition coefficient (Wildman–Crippen LogP) is 1.59. The molecule has 2 heterocycles. The largest absolute Gasteiger partial charge is 0.480 e. The van der Waals surface area contributed by atoms with Crippen molar-refractivity contribution in [3.63, 3.8) is 0 Å². The van der Waals surface area contributed by atoms with E-state index in [4.69, 9.17) is 5.11 Å². The highest BCUT2D eigenvalue weighted by Crippen LogP contribution is 2.30. The topological polar surface area (TPSA) is 77.9 Å². The Kier molecular flexibility index (Phi) is 5.15. The Morgan fingerprint density at radius 3 is 1.96 bits per heavy atom. The average Bonchev–Trinajstić information content (AvgIpc) is 2.53. The van der Waals surface area contributed by atoms with Crippen molar-refractivity contribution in [2.75, 3.05) is 26.2 Å². The molecule has 0 saturated carbocycles. The highest BCUT2D eigenvalue weighted by molar-refractivity contribution is 6.01. The van der Waals surface area contributed by atoms with Gasteiger partial charge in [0.25, 0.3) is 5.92 Å². The number of rotatable bonds is 3. The molecule has 0 spiro atoms. The van der Waals surface area contributed by atoms with E-state index < -0.39 is 23.2 Å². The predicted molar refractivity (Wildman–Crippen MR) is 81.5 cm³/mol. The van der Waals surface area contributed by atoms with Gasteiger partial charge in [0, 0.05) is 44.9 Å². The zero-order chi connectivity index (χ0) is 18.1. The number of amides is 2. The van der Waals surface area contributed by atoms with Gasteiger partial charge in [-0.2, -0.15) is 0 Å². The zero-order valence-corrected chi connectivity index (χ0v) is 14.1. The third-order valence-corrected chi connectivity index (χ3v) is 5.01. The van der Waals surface area contributed by atoms with Crippen LogP contribution in [0.3, 0.4) is 0 Å². The first-order chi connectivity index (χ1) is 11.0. The van der Waals surface area contributed by atoms with Gasteiger partial charge in [0.1, 0.15) is 5.41 Å². The molecule has 0 aromatic heterocycles. The molecule has 0 aromatic rings. The summed E-state index contributed by atoms with van der Waals surface area (Å²) in [5.74, 6) is -4.74. The Bertz CT molecular complexity index is 518. The van der Waals surface area contributed by atoms with Crippen molar-refractivity contribution in [1.29, 1.82) is 0 Å². The van der Waals surface area contributed by atoms with Crippen molar-refractivity contribution in [3.8, 4) is 0 Å². The van der Waals surface area contributed by atoms with Crippen molar-refractivity contribution >= 4 is 17.8 Å². The van der Waals surface area contributed by atoms with E-state index in [1.165, 1.54) is 23.6 Å². The lowest BCUT2D eigenvalue weighted by atomic mass is 9.88. The first-order valence-corrected chi connectivity index (χ1v) is 8.24. The lowest BCUT2D eigenvalue weighted by Gasteiger charge is -2.38. The Morgan fingerprint density at radius 2 is 1.50 bits per heavy atom. The van der Waals surface area contributed by atoms with Crippen molar-refractivity contribution < 1.29 is 28.3 Å². The van der Waals surface area contributed by atoms with Crippen LogP contribution < -0.4 is 0 Å². The minimum atomic E-state index is -2.69. The van der Waals surface area contributed by atoms with Gasteiger partial charge >= 0.3 is 5.97 Å². The molecule has 0 aromatic carbocycles. The molecule has 6 nitrogen and oxygen atoms in total. The van der Waals surface area contributed by atoms with Crippen LogP contribution >= 0.6 is 0 Å². The molecule has 2 fully saturated rings. The second-order valence-electron chi connectivity index (χ2n) is 7.18. The number of piperidine rings is 2. The average molecular weight is 346 g/mol. The summed E-state index contributed by atoms with van der Waals surface area (Å²) in [6.07, 6.45) is 0.270. The SMILES string of the molecule is CC(C)(C(=O)O)C(=O)N1CCC(C(=O)N2CCC(F)(F)CC2)CC1. The maximum absolute atomic E-state index is 13.2. The summed E-state index contributed by atoms with van der Waals surface area (Å²) >= 11 is 0. The molecule has 24 heavy (non-hydrogen) atoms. The first-order valence-electron chi connectivity index (χ1n) is 8.24. The van der Waals surface area contributed by atoms with E-state index in [0.29, 0.717) is 25.9 Å². The normalized spacial score (nSPS) is 22.3. The van der Waals surface area contributed by atoms with E-state index >= 15 is 0 Å². The lowest BCUT2D eigenvalue weighted by molar-refractivity contribution is -0.160. The second-order valence-corrected chi connectivity index (χ2v) is 7.18. The molecule has 2 amide bonds. The number of hydrogen-bond donors (Lipinski definition) is 1. The van der Waals surface area contributed by atoms with Crippen LogP contribution in [0.2, 0.25) is 0 Å². The number of carbonyl (C=O) groups is 3. The molecule has 0 radical (unpaired) electrons. The Balaban J connectivity index is 1.88. The molecule has 0 atom stereocenters. The van der Waals surface area contributed by atoms with Crippen LogP contribution in [-0.2, 0) is 14.4 Å².